The second kappa shape index (κ2) is 8.66. The maximum Gasteiger partial charge on any atom is 0.119 e. The monoisotopic (exact) mass is 143 g/mol. The third-order valence-corrected chi connectivity index (χ3v) is 1.36. The van der Waals surface area contributed by atoms with Crippen LogP contribution < -0.4 is 11.5 Å². The molecule has 0 heterocycles. The average molecular weight is 143 g/mol. The molecule has 0 spiro atoms. The quantitative estimate of drug-likeness (QED) is 0.367. The van der Waals surface area contributed by atoms with Gasteiger partial charge in [-0.05, 0) is 19.3 Å². The zero-order valence-corrected chi connectivity index (χ0v) is 6.68. The van der Waals surface area contributed by atoms with Crippen molar-refractivity contribution in [2.75, 3.05) is 13.1 Å². The number of quaternary nitrogens is 1. The highest BCUT2D eigenvalue weighted by Gasteiger charge is 1.82. The SMILES string of the molecule is [NH2+]CCC/C=C/CCC[NH3+]. The van der Waals surface area contributed by atoms with E-state index < -0.39 is 0 Å². The summed E-state index contributed by atoms with van der Waals surface area (Å²) in [5.41, 5.74) is 9.09. The van der Waals surface area contributed by atoms with E-state index in [9.17, 15) is 0 Å². The van der Waals surface area contributed by atoms with E-state index in [1.54, 1.807) is 0 Å². The molecule has 0 aliphatic heterocycles. The first kappa shape index (κ1) is 9.66. The highest BCUT2D eigenvalue weighted by Crippen LogP contribution is 1.92. The Morgan fingerprint density at radius 1 is 1.10 bits per heavy atom. The number of allylic oxidation sites excluding steroid dienone is 2. The highest BCUT2D eigenvalue weighted by molar-refractivity contribution is 4.80. The Labute approximate surface area is 63.3 Å². The molecule has 0 aliphatic rings. The van der Waals surface area contributed by atoms with Crippen LogP contribution in [0.25, 0.3) is 0 Å². The third kappa shape index (κ3) is 7.66. The van der Waals surface area contributed by atoms with Gasteiger partial charge in [0.15, 0.2) is 0 Å². The van der Waals surface area contributed by atoms with E-state index in [2.05, 4.69) is 17.9 Å². The van der Waals surface area contributed by atoms with Crippen LogP contribution in [-0.4, -0.2) is 13.1 Å². The molecule has 2 nitrogen and oxygen atoms in total. The summed E-state index contributed by atoms with van der Waals surface area (Å²) in [5.74, 6) is 0. The van der Waals surface area contributed by atoms with Crippen molar-refractivity contribution in [3.05, 3.63) is 12.2 Å². The van der Waals surface area contributed by atoms with Crippen LogP contribution in [0.1, 0.15) is 25.7 Å². The maximum atomic E-state index is 5.33. The molecule has 0 unspecified atom stereocenters. The van der Waals surface area contributed by atoms with E-state index in [4.69, 9.17) is 5.73 Å². The maximum absolute atomic E-state index is 5.33. The summed E-state index contributed by atoms with van der Waals surface area (Å²) in [6, 6.07) is 0. The Kier molecular flexibility index (Phi) is 8.37. The molecule has 2 heteroatoms. The molecule has 0 aromatic heterocycles. The zero-order valence-electron chi connectivity index (χ0n) is 6.68. The van der Waals surface area contributed by atoms with Gasteiger partial charge in [0, 0.05) is 6.42 Å². The topological polar surface area (TPSA) is 52.9 Å². The standard InChI is InChI=1S/C8H18N2/c9-7-5-3-1-2-4-6-8-10/h1-2H,3-10H2/q+1/p+1/b2-1+. The fourth-order valence-electron chi connectivity index (χ4n) is 0.734. The zero-order chi connectivity index (χ0) is 7.66. The van der Waals surface area contributed by atoms with Crippen molar-refractivity contribution < 1.29 is 11.5 Å². The smallest absolute Gasteiger partial charge is 0.119 e. The number of rotatable bonds is 6. The van der Waals surface area contributed by atoms with E-state index in [1.807, 2.05) is 0 Å². The van der Waals surface area contributed by atoms with Gasteiger partial charge >= 0.3 is 0 Å². The summed E-state index contributed by atoms with van der Waals surface area (Å²) in [7, 11) is 0. The third-order valence-electron chi connectivity index (χ3n) is 1.36. The van der Waals surface area contributed by atoms with Gasteiger partial charge in [-0.15, -0.1) is 0 Å². The lowest BCUT2D eigenvalue weighted by Gasteiger charge is -1.86. The Balaban J connectivity index is 2.89. The Morgan fingerprint density at radius 2 is 1.70 bits per heavy atom. The molecule has 0 aliphatic carbocycles. The van der Waals surface area contributed by atoms with Crippen molar-refractivity contribution in [3.63, 3.8) is 0 Å². The first-order valence-corrected chi connectivity index (χ1v) is 4.06. The fourth-order valence-corrected chi connectivity index (χ4v) is 0.734. The first-order valence-electron chi connectivity index (χ1n) is 4.06. The summed E-state index contributed by atoms with van der Waals surface area (Å²) in [6.45, 7) is 1.85. The second-order valence-electron chi connectivity index (χ2n) is 2.40. The molecular formula is C8H19N2+2. The lowest BCUT2D eigenvalue weighted by Crippen LogP contribution is -2.50. The Hall–Kier alpha value is -0.340. The highest BCUT2D eigenvalue weighted by atomic mass is 14.5. The van der Waals surface area contributed by atoms with Gasteiger partial charge < -0.3 is 5.73 Å². The summed E-state index contributed by atoms with van der Waals surface area (Å²) in [5, 5.41) is 0. The van der Waals surface area contributed by atoms with E-state index in [0.29, 0.717) is 0 Å². The van der Waals surface area contributed by atoms with Crippen LogP contribution in [0.4, 0.5) is 0 Å². The number of hydrogen-bond acceptors (Lipinski definition) is 1. The van der Waals surface area contributed by atoms with Gasteiger partial charge in [0.05, 0.1) is 6.54 Å². The van der Waals surface area contributed by atoms with Crippen LogP contribution in [0.15, 0.2) is 12.2 Å². The molecule has 0 saturated carbocycles. The van der Waals surface area contributed by atoms with Crippen molar-refractivity contribution in [1.29, 1.82) is 0 Å². The molecule has 0 atom stereocenters. The van der Waals surface area contributed by atoms with Gasteiger partial charge in [0.2, 0.25) is 0 Å². The van der Waals surface area contributed by atoms with Gasteiger partial charge in [-0.3, -0.25) is 0 Å². The number of unbranched alkanes of at least 4 members (excludes halogenated alkanes) is 2. The van der Waals surface area contributed by atoms with Gasteiger partial charge in [-0.2, -0.15) is 5.73 Å². The van der Waals surface area contributed by atoms with Crippen molar-refractivity contribution in [2.45, 2.75) is 25.7 Å². The van der Waals surface area contributed by atoms with Crippen molar-refractivity contribution in [1.82, 2.24) is 0 Å². The second-order valence-corrected chi connectivity index (χ2v) is 2.40. The minimum Gasteiger partial charge on any atom is -0.358 e. The van der Waals surface area contributed by atoms with Crippen LogP contribution >= 0.6 is 0 Å². The molecule has 0 aromatic carbocycles. The first-order chi connectivity index (χ1) is 4.91. The molecular weight excluding hydrogens is 124 g/mol. The summed E-state index contributed by atoms with van der Waals surface area (Å²) >= 11 is 0. The molecule has 1 radical (unpaired) electrons. The minimum atomic E-state index is 0.805. The van der Waals surface area contributed by atoms with E-state index >= 15 is 0 Å². The molecule has 0 rings (SSSR count). The molecule has 0 fully saturated rings. The van der Waals surface area contributed by atoms with Crippen LogP contribution in [-0.2, 0) is 0 Å². The molecule has 0 amide bonds. The average Bonchev–Trinajstić information content (AvgIpc) is 1.97. The van der Waals surface area contributed by atoms with Gasteiger partial charge in [0.1, 0.15) is 6.54 Å². The normalized spacial score (nSPS) is 11.0. The molecule has 5 N–H and O–H groups in total. The Bertz CT molecular complexity index is 69.3. The molecule has 0 bridgehead atoms. The lowest BCUT2D eigenvalue weighted by atomic mass is 10.2. The van der Waals surface area contributed by atoms with Crippen LogP contribution in [0.3, 0.4) is 0 Å². The van der Waals surface area contributed by atoms with E-state index in [-0.39, 0.29) is 0 Å². The van der Waals surface area contributed by atoms with E-state index in [0.717, 1.165) is 25.9 Å². The van der Waals surface area contributed by atoms with Crippen LogP contribution in [0.2, 0.25) is 0 Å². The van der Waals surface area contributed by atoms with Crippen LogP contribution in [0.5, 0.6) is 0 Å². The summed E-state index contributed by atoms with van der Waals surface area (Å²) < 4.78 is 0. The predicted molar refractivity (Wildman–Crippen MR) is 42.2 cm³/mol. The fraction of sp³-hybridized carbons (Fsp3) is 0.750. The summed E-state index contributed by atoms with van der Waals surface area (Å²) in [6.07, 6.45) is 9.06. The minimum absolute atomic E-state index is 0.805. The molecule has 10 heavy (non-hydrogen) atoms. The van der Waals surface area contributed by atoms with Crippen molar-refractivity contribution in [2.24, 2.45) is 0 Å². The lowest BCUT2D eigenvalue weighted by molar-refractivity contribution is -0.368. The largest absolute Gasteiger partial charge is 0.358 e. The number of nitrogens with two attached hydrogens (primary N) is 1. The van der Waals surface area contributed by atoms with Crippen molar-refractivity contribution >= 4 is 0 Å². The Morgan fingerprint density at radius 3 is 2.20 bits per heavy atom. The van der Waals surface area contributed by atoms with E-state index in [1.165, 1.54) is 12.8 Å². The number of hydrogen-bond donors (Lipinski definition) is 2. The van der Waals surface area contributed by atoms with Crippen molar-refractivity contribution in [3.8, 4) is 0 Å². The summed E-state index contributed by atoms with van der Waals surface area (Å²) in [4.78, 5) is 0. The van der Waals surface area contributed by atoms with Crippen LogP contribution in [0, 0.1) is 0 Å². The van der Waals surface area contributed by atoms with Gasteiger partial charge in [-0.25, -0.2) is 0 Å². The van der Waals surface area contributed by atoms with Gasteiger partial charge in [-0.1, -0.05) is 12.2 Å². The molecule has 0 aromatic rings. The molecule has 59 valence electrons. The predicted octanol–water partition coefficient (Wildman–Crippen LogP) is -0.627. The molecule has 0 saturated heterocycles. The van der Waals surface area contributed by atoms with Gasteiger partial charge in [0.25, 0.3) is 0 Å².